The molecule has 25 heavy (non-hydrogen) atoms. The third-order valence-corrected chi connectivity index (χ3v) is 7.98. The molecule has 3 heteroatoms. The van der Waals surface area contributed by atoms with E-state index in [0.717, 1.165) is 43.4 Å². The molecule has 1 N–H and O–H groups in total. The molecule has 3 saturated carbocycles. The van der Waals surface area contributed by atoms with Gasteiger partial charge in [-0.2, -0.15) is 0 Å². The van der Waals surface area contributed by atoms with Gasteiger partial charge in [0, 0.05) is 0 Å². The van der Waals surface area contributed by atoms with E-state index in [4.69, 9.17) is 0 Å². The highest BCUT2D eigenvalue weighted by atomic mass is 35.5. The van der Waals surface area contributed by atoms with Crippen molar-refractivity contribution in [3.8, 4) is 0 Å². The van der Waals surface area contributed by atoms with E-state index in [9.17, 15) is 9.90 Å². The number of hydrogen-bond donors (Lipinski definition) is 1. The number of aliphatic carboxylic acids is 1. The molecule has 0 saturated heterocycles. The van der Waals surface area contributed by atoms with Crippen molar-refractivity contribution >= 4 is 18.4 Å². The fourth-order valence-electron chi connectivity index (χ4n) is 6.48. The third-order valence-electron chi connectivity index (χ3n) is 7.98. The van der Waals surface area contributed by atoms with Crippen LogP contribution in [0, 0.1) is 29.1 Å². The molecule has 3 fully saturated rings. The predicted molar refractivity (Wildman–Crippen MR) is 106 cm³/mol. The predicted octanol–water partition coefficient (Wildman–Crippen LogP) is 6.86. The average molecular weight is 371 g/mol. The summed E-state index contributed by atoms with van der Waals surface area (Å²) in [6.45, 7) is 2.32. The quantitative estimate of drug-likeness (QED) is 0.574. The van der Waals surface area contributed by atoms with Crippen LogP contribution in [0.15, 0.2) is 0 Å². The SMILES string of the molecule is CCCC1CCC(C2CCC(C3(C(=O)O)CCCCC3)CC2)CC1.Cl. The number of hydrogen-bond acceptors (Lipinski definition) is 1. The lowest BCUT2D eigenvalue weighted by Gasteiger charge is -2.45. The maximum atomic E-state index is 12.1. The molecule has 0 radical (unpaired) electrons. The lowest BCUT2D eigenvalue weighted by molar-refractivity contribution is -0.157. The van der Waals surface area contributed by atoms with Gasteiger partial charge >= 0.3 is 5.97 Å². The fourth-order valence-corrected chi connectivity index (χ4v) is 6.48. The fraction of sp³-hybridized carbons (Fsp3) is 0.955. The van der Waals surface area contributed by atoms with E-state index in [1.165, 1.54) is 70.6 Å². The van der Waals surface area contributed by atoms with Crippen LogP contribution < -0.4 is 0 Å². The van der Waals surface area contributed by atoms with Crippen LogP contribution in [0.2, 0.25) is 0 Å². The number of halogens is 1. The maximum absolute atomic E-state index is 12.1. The lowest BCUT2D eigenvalue weighted by Crippen LogP contribution is -2.42. The Labute approximate surface area is 160 Å². The first-order valence-electron chi connectivity index (χ1n) is 10.9. The van der Waals surface area contributed by atoms with Crippen LogP contribution in [-0.4, -0.2) is 11.1 Å². The van der Waals surface area contributed by atoms with Gasteiger partial charge in [0.25, 0.3) is 0 Å². The van der Waals surface area contributed by atoms with E-state index in [-0.39, 0.29) is 17.8 Å². The van der Waals surface area contributed by atoms with Crippen molar-refractivity contribution in [3.63, 3.8) is 0 Å². The Kier molecular flexibility index (Phi) is 8.11. The van der Waals surface area contributed by atoms with Gasteiger partial charge in [0.15, 0.2) is 0 Å². The molecule has 0 bridgehead atoms. The molecule has 0 aromatic rings. The van der Waals surface area contributed by atoms with Crippen LogP contribution in [0.5, 0.6) is 0 Å². The van der Waals surface area contributed by atoms with Gasteiger partial charge in [0.1, 0.15) is 0 Å². The summed E-state index contributed by atoms with van der Waals surface area (Å²) in [5, 5.41) is 9.94. The zero-order valence-corrected chi connectivity index (χ0v) is 17.0. The van der Waals surface area contributed by atoms with Crippen molar-refractivity contribution < 1.29 is 9.90 Å². The molecular formula is C22H39ClO2. The molecule has 0 atom stereocenters. The van der Waals surface area contributed by atoms with E-state index in [1.807, 2.05) is 0 Å². The van der Waals surface area contributed by atoms with E-state index in [2.05, 4.69) is 6.92 Å². The molecule has 0 unspecified atom stereocenters. The van der Waals surface area contributed by atoms with E-state index in [0.29, 0.717) is 5.92 Å². The largest absolute Gasteiger partial charge is 0.481 e. The summed E-state index contributed by atoms with van der Waals surface area (Å²) < 4.78 is 0. The van der Waals surface area contributed by atoms with Crippen molar-refractivity contribution in [1.29, 1.82) is 0 Å². The molecule has 0 aliphatic heterocycles. The average Bonchev–Trinajstić information content (AvgIpc) is 2.63. The molecular weight excluding hydrogens is 332 g/mol. The summed E-state index contributed by atoms with van der Waals surface area (Å²) in [7, 11) is 0. The van der Waals surface area contributed by atoms with Gasteiger partial charge in [0.05, 0.1) is 5.41 Å². The molecule has 0 aromatic carbocycles. The number of carbonyl (C=O) groups is 1. The van der Waals surface area contributed by atoms with Crippen molar-refractivity contribution in [2.75, 3.05) is 0 Å². The van der Waals surface area contributed by atoms with Gasteiger partial charge in [-0.05, 0) is 75.0 Å². The Morgan fingerprint density at radius 2 is 1.40 bits per heavy atom. The minimum Gasteiger partial charge on any atom is -0.481 e. The Balaban J connectivity index is 0.00000225. The van der Waals surface area contributed by atoms with E-state index >= 15 is 0 Å². The molecule has 3 rings (SSSR count). The van der Waals surface area contributed by atoms with Crippen LogP contribution in [0.3, 0.4) is 0 Å². The van der Waals surface area contributed by atoms with Crippen molar-refractivity contribution in [2.45, 2.75) is 103 Å². The van der Waals surface area contributed by atoms with Crippen LogP contribution in [-0.2, 0) is 4.79 Å². The highest BCUT2D eigenvalue weighted by Gasteiger charge is 2.47. The molecule has 0 amide bonds. The van der Waals surface area contributed by atoms with Gasteiger partial charge in [-0.25, -0.2) is 0 Å². The third kappa shape index (κ3) is 4.73. The summed E-state index contributed by atoms with van der Waals surface area (Å²) >= 11 is 0. The molecule has 0 heterocycles. The molecule has 3 aliphatic carbocycles. The van der Waals surface area contributed by atoms with Crippen LogP contribution in [0.4, 0.5) is 0 Å². The minimum absolute atomic E-state index is 0. The first-order valence-corrected chi connectivity index (χ1v) is 10.9. The number of carboxylic acid groups (broad SMARTS) is 1. The first kappa shape index (κ1) is 21.1. The van der Waals surface area contributed by atoms with Gasteiger partial charge < -0.3 is 5.11 Å². The van der Waals surface area contributed by atoms with Crippen LogP contribution >= 0.6 is 12.4 Å². The summed E-state index contributed by atoms with van der Waals surface area (Å²) in [5.41, 5.74) is -0.359. The first-order chi connectivity index (χ1) is 11.7. The summed E-state index contributed by atoms with van der Waals surface area (Å²) in [5.74, 6) is 2.83. The second-order valence-electron chi connectivity index (χ2n) is 9.20. The van der Waals surface area contributed by atoms with E-state index < -0.39 is 5.97 Å². The minimum atomic E-state index is -0.481. The van der Waals surface area contributed by atoms with Gasteiger partial charge in [-0.1, -0.05) is 51.9 Å². The van der Waals surface area contributed by atoms with Gasteiger partial charge in [0.2, 0.25) is 0 Å². The Hall–Kier alpha value is -0.240. The Morgan fingerprint density at radius 3 is 1.88 bits per heavy atom. The summed E-state index contributed by atoms with van der Waals surface area (Å²) in [6.07, 6.45) is 19.0. The van der Waals surface area contributed by atoms with Crippen LogP contribution in [0.1, 0.15) is 103 Å². The standard InChI is InChI=1S/C22H38O2.ClH/c1-2-6-17-7-9-18(10-8-17)19-11-13-20(14-12-19)22(21(23)24)15-4-3-5-16-22;/h17-20H,2-16H2,1H3,(H,23,24);1H. The maximum Gasteiger partial charge on any atom is 0.309 e. The molecule has 0 spiro atoms. The molecule has 3 aliphatic rings. The smallest absolute Gasteiger partial charge is 0.309 e. The summed E-state index contributed by atoms with van der Waals surface area (Å²) in [6, 6.07) is 0. The van der Waals surface area contributed by atoms with Gasteiger partial charge in [-0.3, -0.25) is 4.79 Å². The van der Waals surface area contributed by atoms with Crippen LogP contribution in [0.25, 0.3) is 0 Å². The summed E-state index contributed by atoms with van der Waals surface area (Å²) in [4.78, 5) is 12.1. The molecule has 146 valence electrons. The zero-order valence-electron chi connectivity index (χ0n) is 16.2. The highest BCUT2D eigenvalue weighted by Crippen LogP contribution is 2.51. The van der Waals surface area contributed by atoms with Crippen molar-refractivity contribution in [1.82, 2.24) is 0 Å². The second-order valence-corrected chi connectivity index (χ2v) is 9.20. The van der Waals surface area contributed by atoms with Crippen molar-refractivity contribution in [3.05, 3.63) is 0 Å². The zero-order chi connectivity index (χ0) is 17.0. The van der Waals surface area contributed by atoms with E-state index in [1.54, 1.807) is 0 Å². The second kappa shape index (κ2) is 9.62. The topological polar surface area (TPSA) is 37.3 Å². The number of rotatable bonds is 5. The monoisotopic (exact) mass is 370 g/mol. The highest BCUT2D eigenvalue weighted by molar-refractivity contribution is 5.85. The lowest BCUT2D eigenvalue weighted by atomic mass is 9.59. The Morgan fingerprint density at radius 1 is 0.880 bits per heavy atom. The molecule has 2 nitrogen and oxygen atoms in total. The molecule has 0 aromatic heterocycles. The Bertz CT molecular complexity index is 400. The van der Waals surface area contributed by atoms with Gasteiger partial charge in [-0.15, -0.1) is 12.4 Å². The normalized spacial score (nSPS) is 35.6. The number of carboxylic acids is 1. The van der Waals surface area contributed by atoms with Crippen molar-refractivity contribution in [2.24, 2.45) is 29.1 Å².